The number of aliphatic hydroxyl groups is 1. The summed E-state index contributed by atoms with van der Waals surface area (Å²) in [7, 11) is 0. The molecule has 0 aliphatic heterocycles. The minimum absolute atomic E-state index is 0.00613. The zero-order valence-corrected chi connectivity index (χ0v) is 13.8. The highest BCUT2D eigenvalue weighted by atomic mass is 32.1. The summed E-state index contributed by atoms with van der Waals surface area (Å²) in [6.45, 7) is 1.01. The van der Waals surface area contributed by atoms with Gasteiger partial charge in [0.2, 0.25) is 0 Å². The molecule has 4 rings (SSSR count). The maximum absolute atomic E-state index is 9.98. The maximum Gasteiger partial charge on any atom is 0.0706 e. The van der Waals surface area contributed by atoms with Gasteiger partial charge in [-0.3, -0.25) is 0 Å². The van der Waals surface area contributed by atoms with Gasteiger partial charge in [-0.15, -0.1) is 11.3 Å². The lowest BCUT2D eigenvalue weighted by Gasteiger charge is -2.46. The lowest BCUT2D eigenvalue weighted by atomic mass is 9.64. The molecule has 0 saturated heterocycles. The van der Waals surface area contributed by atoms with Crippen LogP contribution in [0.1, 0.15) is 35.7 Å². The van der Waals surface area contributed by atoms with E-state index in [4.69, 9.17) is 0 Å². The van der Waals surface area contributed by atoms with Gasteiger partial charge in [-0.05, 0) is 36.4 Å². The summed E-state index contributed by atoms with van der Waals surface area (Å²) in [6.07, 6.45) is 7.29. The van der Waals surface area contributed by atoms with Crippen LogP contribution in [-0.4, -0.2) is 21.3 Å². The van der Waals surface area contributed by atoms with Gasteiger partial charge >= 0.3 is 0 Å². The van der Waals surface area contributed by atoms with Crippen LogP contribution in [0.4, 0.5) is 0 Å². The largest absolute Gasteiger partial charge is 0.396 e. The molecule has 4 nitrogen and oxygen atoms in total. The molecule has 3 heterocycles. The number of hydrogen-bond donors (Lipinski definition) is 2. The van der Waals surface area contributed by atoms with Gasteiger partial charge in [0.15, 0.2) is 0 Å². The number of nitrogens with zero attached hydrogens (tertiary/aromatic N) is 2. The summed E-state index contributed by atoms with van der Waals surface area (Å²) in [6, 6.07) is 10.6. The van der Waals surface area contributed by atoms with Crippen molar-refractivity contribution in [1.82, 2.24) is 14.9 Å². The van der Waals surface area contributed by atoms with Crippen molar-refractivity contribution in [3.05, 3.63) is 58.5 Å². The Bertz CT molecular complexity index is 771. The van der Waals surface area contributed by atoms with Gasteiger partial charge in [0.1, 0.15) is 0 Å². The average Bonchev–Trinajstić information content (AvgIpc) is 3.20. The normalized spacial score (nSPS) is 18.0. The Morgan fingerprint density at radius 3 is 2.91 bits per heavy atom. The molecule has 1 unspecified atom stereocenters. The molecule has 3 aromatic heterocycles. The Morgan fingerprint density at radius 2 is 2.22 bits per heavy atom. The van der Waals surface area contributed by atoms with E-state index in [0.717, 1.165) is 24.9 Å². The Labute approximate surface area is 139 Å². The molecule has 1 atom stereocenters. The first kappa shape index (κ1) is 14.9. The number of hydrogen-bond acceptors (Lipinski definition) is 4. The van der Waals surface area contributed by atoms with Crippen molar-refractivity contribution < 1.29 is 5.11 Å². The minimum atomic E-state index is -0.00613. The predicted octanol–water partition coefficient (Wildman–Crippen LogP) is 3.39. The van der Waals surface area contributed by atoms with E-state index in [0.29, 0.717) is 0 Å². The van der Waals surface area contributed by atoms with Crippen LogP contribution in [0.15, 0.2) is 48.1 Å². The van der Waals surface area contributed by atoms with Gasteiger partial charge in [0, 0.05) is 34.6 Å². The first-order valence-corrected chi connectivity index (χ1v) is 8.99. The van der Waals surface area contributed by atoms with Crippen LogP contribution in [-0.2, 0) is 6.54 Å². The standard InChI is InChI=1S/C18H21N3OS/c22-13-18(7-4-8-18)17(16-6-3-10-23-16)19-11-14-12-20-21-9-2-1-5-15(14)21/h1-3,5-6,9-10,12,17,19,22H,4,7-8,11,13H2. The van der Waals surface area contributed by atoms with Crippen LogP contribution in [0.5, 0.6) is 0 Å². The van der Waals surface area contributed by atoms with Gasteiger partial charge in [-0.2, -0.15) is 5.10 Å². The molecule has 1 aliphatic carbocycles. The lowest BCUT2D eigenvalue weighted by Crippen LogP contribution is -2.45. The summed E-state index contributed by atoms with van der Waals surface area (Å²) in [5, 5.41) is 20.2. The molecule has 120 valence electrons. The third kappa shape index (κ3) is 2.59. The molecular weight excluding hydrogens is 306 g/mol. The van der Waals surface area contributed by atoms with Crippen molar-refractivity contribution in [2.75, 3.05) is 6.61 Å². The summed E-state index contributed by atoms with van der Waals surface area (Å²) in [4.78, 5) is 1.32. The van der Waals surface area contributed by atoms with Crippen molar-refractivity contribution in [2.24, 2.45) is 5.41 Å². The SMILES string of the molecule is OCC1(C(NCc2cnn3ccccc23)c2cccs2)CCC1. The molecule has 0 spiro atoms. The van der Waals surface area contributed by atoms with E-state index in [1.165, 1.54) is 16.9 Å². The molecule has 5 heteroatoms. The van der Waals surface area contributed by atoms with Crippen molar-refractivity contribution in [3.8, 4) is 0 Å². The molecule has 1 fully saturated rings. The molecule has 0 radical (unpaired) electrons. The van der Waals surface area contributed by atoms with Crippen molar-refractivity contribution in [3.63, 3.8) is 0 Å². The van der Waals surface area contributed by atoms with E-state index >= 15 is 0 Å². The van der Waals surface area contributed by atoms with Crippen LogP contribution < -0.4 is 5.32 Å². The first-order valence-electron chi connectivity index (χ1n) is 8.11. The van der Waals surface area contributed by atoms with Gasteiger partial charge in [-0.1, -0.05) is 18.6 Å². The van der Waals surface area contributed by atoms with E-state index in [1.807, 2.05) is 29.0 Å². The van der Waals surface area contributed by atoms with E-state index in [2.05, 4.69) is 34.0 Å². The number of aromatic nitrogens is 2. The molecule has 0 aromatic carbocycles. The first-order chi connectivity index (χ1) is 11.3. The van der Waals surface area contributed by atoms with Crippen molar-refractivity contribution in [1.29, 1.82) is 0 Å². The smallest absolute Gasteiger partial charge is 0.0706 e. The third-order valence-electron chi connectivity index (χ3n) is 5.11. The van der Waals surface area contributed by atoms with E-state index in [-0.39, 0.29) is 18.1 Å². The van der Waals surface area contributed by atoms with Crippen LogP contribution in [0.2, 0.25) is 0 Å². The van der Waals surface area contributed by atoms with Gasteiger partial charge in [0.25, 0.3) is 0 Å². The fraction of sp³-hybridized carbons (Fsp3) is 0.389. The van der Waals surface area contributed by atoms with Gasteiger partial charge in [0.05, 0.1) is 18.3 Å². The summed E-state index contributed by atoms with van der Waals surface area (Å²) in [5.74, 6) is 0. The van der Waals surface area contributed by atoms with Crippen molar-refractivity contribution in [2.45, 2.75) is 31.8 Å². The summed E-state index contributed by atoms with van der Waals surface area (Å²) < 4.78 is 1.91. The number of thiophene rings is 1. The van der Waals surface area contributed by atoms with E-state index in [9.17, 15) is 5.11 Å². The Hall–Kier alpha value is -1.69. The lowest BCUT2D eigenvalue weighted by molar-refractivity contribution is 0.00580. The van der Waals surface area contributed by atoms with Crippen molar-refractivity contribution >= 4 is 16.9 Å². The highest BCUT2D eigenvalue weighted by molar-refractivity contribution is 7.10. The molecule has 1 aliphatic rings. The fourth-order valence-corrected chi connectivity index (χ4v) is 4.52. The van der Waals surface area contributed by atoms with E-state index < -0.39 is 0 Å². The molecular formula is C18H21N3OS. The zero-order valence-electron chi connectivity index (χ0n) is 13.0. The second-order valence-electron chi connectivity index (χ2n) is 6.40. The molecule has 2 N–H and O–H groups in total. The van der Waals surface area contributed by atoms with Gasteiger partial charge < -0.3 is 10.4 Å². The second kappa shape index (κ2) is 6.07. The minimum Gasteiger partial charge on any atom is -0.396 e. The number of nitrogens with one attached hydrogen (secondary N) is 1. The predicted molar refractivity (Wildman–Crippen MR) is 92.5 cm³/mol. The van der Waals surface area contributed by atoms with Crippen LogP contribution >= 0.6 is 11.3 Å². The molecule has 3 aromatic rings. The molecule has 1 saturated carbocycles. The van der Waals surface area contributed by atoms with Crippen LogP contribution in [0.25, 0.3) is 5.52 Å². The van der Waals surface area contributed by atoms with Gasteiger partial charge in [-0.25, -0.2) is 4.52 Å². The van der Waals surface area contributed by atoms with E-state index in [1.54, 1.807) is 11.3 Å². The summed E-state index contributed by atoms with van der Waals surface area (Å²) in [5.41, 5.74) is 2.32. The molecule has 0 amide bonds. The monoisotopic (exact) mass is 327 g/mol. The number of aliphatic hydroxyl groups excluding tert-OH is 1. The third-order valence-corrected chi connectivity index (χ3v) is 6.04. The Morgan fingerprint density at radius 1 is 1.30 bits per heavy atom. The number of pyridine rings is 1. The molecule has 0 bridgehead atoms. The molecule has 23 heavy (non-hydrogen) atoms. The fourth-order valence-electron chi connectivity index (χ4n) is 3.58. The highest BCUT2D eigenvalue weighted by Gasteiger charge is 2.44. The van der Waals surface area contributed by atoms with Crippen LogP contribution in [0.3, 0.4) is 0 Å². The Kier molecular flexibility index (Phi) is 3.93. The second-order valence-corrected chi connectivity index (χ2v) is 7.38. The quantitative estimate of drug-likeness (QED) is 0.729. The van der Waals surface area contributed by atoms with Crippen LogP contribution in [0, 0.1) is 5.41 Å². The topological polar surface area (TPSA) is 49.6 Å². The summed E-state index contributed by atoms with van der Waals surface area (Å²) >= 11 is 1.77. The maximum atomic E-state index is 9.98. The average molecular weight is 327 g/mol. The Balaban J connectivity index is 1.59. The highest BCUT2D eigenvalue weighted by Crippen LogP contribution is 2.50. The zero-order chi connectivity index (χ0) is 15.7. The number of rotatable bonds is 6. The number of fused-ring (bicyclic) bond motifs is 1.